The SMILES string of the molecule is CC1CCN(C(=O)CSc2nnc3n(-c4ccccc4)c(=O)c4c5c(sc4n23)CN(C)CC5)CC1. The van der Waals surface area contributed by atoms with Crippen molar-refractivity contribution in [2.75, 3.05) is 32.4 Å². The standard InChI is InChI=1S/C25H28N6O2S2/c1-16-8-12-29(13-9-16)20(32)15-34-25-27-26-24-30(17-6-4-3-5-7-17)22(33)21-18-10-11-28(2)14-19(18)35-23(21)31(24)25/h3-7,16H,8-15H2,1-2H3. The lowest BCUT2D eigenvalue weighted by molar-refractivity contribution is -0.129. The Morgan fingerprint density at radius 3 is 2.69 bits per heavy atom. The van der Waals surface area contributed by atoms with E-state index in [2.05, 4.69) is 29.1 Å². The molecule has 5 heterocycles. The Kier molecular flexibility index (Phi) is 5.90. The number of thiophene rings is 1. The number of likely N-dealkylation sites (tertiary alicyclic amines) is 1. The highest BCUT2D eigenvalue weighted by atomic mass is 32.2. The van der Waals surface area contributed by atoms with Gasteiger partial charge in [-0.3, -0.25) is 9.59 Å². The minimum absolute atomic E-state index is 0.0526. The summed E-state index contributed by atoms with van der Waals surface area (Å²) in [5, 5.41) is 10.3. The molecule has 35 heavy (non-hydrogen) atoms. The van der Waals surface area contributed by atoms with Crippen LogP contribution in [0.4, 0.5) is 0 Å². The minimum atomic E-state index is -0.0526. The molecular formula is C25H28N6O2S2. The van der Waals surface area contributed by atoms with Crippen LogP contribution in [0.25, 0.3) is 21.7 Å². The molecule has 0 unspecified atom stereocenters. The molecule has 0 aliphatic carbocycles. The summed E-state index contributed by atoms with van der Waals surface area (Å²) < 4.78 is 3.65. The lowest BCUT2D eigenvalue weighted by atomic mass is 9.99. The molecule has 6 rings (SSSR count). The van der Waals surface area contributed by atoms with E-state index in [1.54, 1.807) is 15.9 Å². The van der Waals surface area contributed by atoms with Crippen LogP contribution < -0.4 is 5.56 Å². The van der Waals surface area contributed by atoms with Crippen LogP contribution >= 0.6 is 23.1 Å². The number of para-hydroxylation sites is 1. The predicted molar refractivity (Wildman–Crippen MR) is 140 cm³/mol. The van der Waals surface area contributed by atoms with Crippen molar-refractivity contribution >= 4 is 45.0 Å². The Bertz CT molecular complexity index is 1470. The summed E-state index contributed by atoms with van der Waals surface area (Å²) in [5.41, 5.74) is 1.85. The van der Waals surface area contributed by atoms with Gasteiger partial charge in [0.25, 0.3) is 5.56 Å². The van der Waals surface area contributed by atoms with Gasteiger partial charge in [-0.05, 0) is 49.9 Å². The maximum Gasteiger partial charge on any atom is 0.268 e. The summed E-state index contributed by atoms with van der Waals surface area (Å²) in [4.78, 5) is 33.1. The number of carbonyl (C=O) groups excluding carboxylic acids is 1. The number of nitrogens with zero attached hydrogens (tertiary/aromatic N) is 6. The Labute approximate surface area is 211 Å². The van der Waals surface area contributed by atoms with Crippen molar-refractivity contribution in [2.24, 2.45) is 5.92 Å². The molecular weight excluding hydrogens is 480 g/mol. The molecule has 8 nitrogen and oxygen atoms in total. The fraction of sp³-hybridized carbons (Fsp3) is 0.440. The first-order valence-corrected chi connectivity index (χ1v) is 13.9. The molecule has 0 atom stereocenters. The van der Waals surface area contributed by atoms with Gasteiger partial charge < -0.3 is 9.80 Å². The summed E-state index contributed by atoms with van der Waals surface area (Å²) >= 11 is 3.06. The number of piperidine rings is 1. The molecule has 0 radical (unpaired) electrons. The van der Waals surface area contributed by atoms with Crippen LogP contribution in [0.15, 0.2) is 40.3 Å². The van der Waals surface area contributed by atoms with E-state index in [1.165, 1.54) is 16.6 Å². The Morgan fingerprint density at radius 1 is 1.14 bits per heavy atom. The van der Waals surface area contributed by atoms with Crippen molar-refractivity contribution in [3.8, 4) is 5.69 Å². The van der Waals surface area contributed by atoms with E-state index in [0.29, 0.717) is 22.6 Å². The molecule has 10 heteroatoms. The van der Waals surface area contributed by atoms with E-state index < -0.39 is 0 Å². The quantitative estimate of drug-likeness (QED) is 0.393. The van der Waals surface area contributed by atoms with Gasteiger partial charge in [-0.2, -0.15) is 0 Å². The summed E-state index contributed by atoms with van der Waals surface area (Å²) in [6.07, 6.45) is 2.96. The zero-order valence-electron chi connectivity index (χ0n) is 19.9. The van der Waals surface area contributed by atoms with E-state index in [1.807, 2.05) is 39.6 Å². The molecule has 2 aliphatic heterocycles. The first-order valence-electron chi connectivity index (χ1n) is 12.1. The number of likely N-dealkylation sites (N-methyl/N-ethyl adjacent to an activating group) is 1. The third-order valence-electron chi connectivity index (χ3n) is 7.14. The van der Waals surface area contributed by atoms with E-state index in [4.69, 9.17) is 0 Å². The third kappa shape index (κ3) is 3.97. The van der Waals surface area contributed by atoms with E-state index in [9.17, 15) is 9.59 Å². The number of hydrogen-bond acceptors (Lipinski definition) is 7. The topological polar surface area (TPSA) is 75.7 Å². The fourth-order valence-electron chi connectivity index (χ4n) is 5.06. The second kappa shape index (κ2) is 9.07. The van der Waals surface area contributed by atoms with Crippen molar-refractivity contribution < 1.29 is 4.79 Å². The van der Waals surface area contributed by atoms with Crippen LogP contribution in [-0.4, -0.2) is 67.3 Å². The van der Waals surface area contributed by atoms with Gasteiger partial charge in [0.1, 0.15) is 4.83 Å². The van der Waals surface area contributed by atoms with Crippen LogP contribution in [0.1, 0.15) is 30.2 Å². The zero-order valence-corrected chi connectivity index (χ0v) is 21.6. The second-order valence-electron chi connectivity index (χ2n) is 9.62. The lowest BCUT2D eigenvalue weighted by Gasteiger charge is -2.30. The molecule has 3 aromatic heterocycles. The fourth-order valence-corrected chi connectivity index (χ4v) is 7.37. The Hall–Kier alpha value is -2.69. The average molecular weight is 509 g/mol. The molecule has 1 amide bonds. The summed E-state index contributed by atoms with van der Waals surface area (Å²) in [7, 11) is 2.11. The molecule has 1 saturated heterocycles. The smallest absolute Gasteiger partial charge is 0.268 e. The molecule has 1 aromatic carbocycles. The van der Waals surface area contributed by atoms with Gasteiger partial charge in [-0.25, -0.2) is 8.97 Å². The van der Waals surface area contributed by atoms with Crippen LogP contribution in [0.3, 0.4) is 0 Å². The number of aromatic nitrogens is 4. The predicted octanol–water partition coefficient (Wildman–Crippen LogP) is 3.43. The van der Waals surface area contributed by atoms with Crippen LogP contribution in [-0.2, 0) is 17.8 Å². The number of carbonyl (C=O) groups is 1. The molecule has 0 spiro atoms. The van der Waals surface area contributed by atoms with Crippen molar-refractivity contribution in [3.05, 3.63) is 51.1 Å². The van der Waals surface area contributed by atoms with Crippen LogP contribution in [0.5, 0.6) is 0 Å². The second-order valence-corrected chi connectivity index (χ2v) is 11.6. The maximum absolute atomic E-state index is 13.9. The molecule has 0 N–H and O–H groups in total. The van der Waals surface area contributed by atoms with E-state index >= 15 is 0 Å². The van der Waals surface area contributed by atoms with Gasteiger partial charge in [0.2, 0.25) is 11.7 Å². The minimum Gasteiger partial charge on any atom is -0.342 e. The maximum atomic E-state index is 13.9. The number of rotatable bonds is 4. The first-order chi connectivity index (χ1) is 17.0. The van der Waals surface area contributed by atoms with Gasteiger partial charge in [-0.1, -0.05) is 36.9 Å². The number of amides is 1. The van der Waals surface area contributed by atoms with Gasteiger partial charge in [0.15, 0.2) is 5.16 Å². The Morgan fingerprint density at radius 2 is 1.91 bits per heavy atom. The van der Waals surface area contributed by atoms with Crippen LogP contribution in [0.2, 0.25) is 0 Å². The molecule has 0 bridgehead atoms. The highest BCUT2D eigenvalue weighted by Gasteiger charge is 2.27. The monoisotopic (exact) mass is 508 g/mol. The first kappa shape index (κ1) is 22.8. The number of fused-ring (bicyclic) bond motifs is 5. The van der Waals surface area contributed by atoms with Gasteiger partial charge in [-0.15, -0.1) is 21.5 Å². The lowest BCUT2D eigenvalue weighted by Crippen LogP contribution is -2.38. The van der Waals surface area contributed by atoms with E-state index in [0.717, 1.165) is 66.9 Å². The van der Waals surface area contributed by atoms with Crippen LogP contribution in [0, 0.1) is 5.92 Å². The van der Waals surface area contributed by atoms with Crippen molar-refractivity contribution in [1.29, 1.82) is 0 Å². The highest BCUT2D eigenvalue weighted by molar-refractivity contribution is 7.99. The number of benzene rings is 1. The highest BCUT2D eigenvalue weighted by Crippen LogP contribution is 2.35. The molecule has 4 aromatic rings. The van der Waals surface area contributed by atoms with Crippen molar-refractivity contribution in [1.82, 2.24) is 29.0 Å². The van der Waals surface area contributed by atoms with E-state index in [-0.39, 0.29) is 11.5 Å². The van der Waals surface area contributed by atoms with Gasteiger partial charge in [0, 0.05) is 31.1 Å². The zero-order chi connectivity index (χ0) is 24.1. The van der Waals surface area contributed by atoms with Crippen molar-refractivity contribution in [2.45, 2.75) is 37.9 Å². The largest absolute Gasteiger partial charge is 0.342 e. The molecule has 2 aliphatic rings. The summed E-state index contributed by atoms with van der Waals surface area (Å²) in [6.45, 7) is 5.65. The van der Waals surface area contributed by atoms with Crippen molar-refractivity contribution in [3.63, 3.8) is 0 Å². The summed E-state index contributed by atoms with van der Waals surface area (Å²) in [5.74, 6) is 1.62. The third-order valence-corrected chi connectivity index (χ3v) is 9.26. The Balaban J connectivity index is 1.46. The van der Waals surface area contributed by atoms with Gasteiger partial charge in [0.05, 0.1) is 16.8 Å². The number of hydrogen-bond donors (Lipinski definition) is 0. The number of thioether (sulfide) groups is 1. The molecule has 1 fully saturated rings. The molecule has 0 saturated carbocycles. The summed E-state index contributed by atoms with van der Waals surface area (Å²) in [6, 6.07) is 9.62. The average Bonchev–Trinajstić information content (AvgIpc) is 3.45. The molecule has 182 valence electrons. The normalized spacial score (nSPS) is 17.4. The van der Waals surface area contributed by atoms with Gasteiger partial charge >= 0.3 is 0 Å².